The monoisotopic (exact) mass is 727 g/mol. The van der Waals surface area contributed by atoms with Gasteiger partial charge in [0.05, 0.1) is 0 Å². The summed E-state index contributed by atoms with van der Waals surface area (Å²) >= 11 is 0. The van der Waals surface area contributed by atoms with Gasteiger partial charge in [0.15, 0.2) is 0 Å². The molecule has 9 heteroatoms. The summed E-state index contributed by atoms with van der Waals surface area (Å²) in [6, 6.07) is 31.0. The Balaban J connectivity index is 0.000000217. The van der Waals surface area contributed by atoms with Crippen molar-refractivity contribution >= 4 is 0 Å². The zero-order valence-electron chi connectivity index (χ0n) is 20.8. The van der Waals surface area contributed by atoms with Gasteiger partial charge in [0.25, 0.3) is 0 Å². The fourth-order valence-electron chi connectivity index (χ4n) is 3.65. The zero-order valence-corrected chi connectivity index (χ0v) is 23.2. The van der Waals surface area contributed by atoms with Gasteiger partial charge in [-0.15, -0.1) is 59.7 Å². The van der Waals surface area contributed by atoms with Crippen LogP contribution in [0.2, 0.25) is 0 Å². The van der Waals surface area contributed by atoms with Crippen LogP contribution in [0, 0.1) is 19.1 Å². The largest absolute Gasteiger partial charge is 0.381 e. The molecule has 0 N–H and O–H groups in total. The van der Waals surface area contributed by atoms with Crippen LogP contribution in [-0.2, 0) is 32.5 Å². The van der Waals surface area contributed by atoms with E-state index in [1.807, 2.05) is 54.7 Å². The zero-order chi connectivity index (χ0) is 28.0. The molecule has 0 saturated carbocycles. The number of aryl methyl sites for hydroxylation is 1. The molecule has 0 fully saturated rings. The molecule has 0 bridgehead atoms. The van der Waals surface area contributed by atoms with Crippen molar-refractivity contribution in [2.45, 2.75) is 19.3 Å². The molecular formula is C31H20F6IrN2-2. The third-order valence-electron chi connectivity index (χ3n) is 5.59. The number of nitrogens with zero attached hydrogens (tertiary/aromatic N) is 2. The van der Waals surface area contributed by atoms with Crippen LogP contribution in [0.5, 0.6) is 0 Å². The molecule has 0 aliphatic heterocycles. The van der Waals surface area contributed by atoms with Crippen molar-refractivity contribution in [3.8, 4) is 33.6 Å². The van der Waals surface area contributed by atoms with Gasteiger partial charge in [0, 0.05) is 32.5 Å². The van der Waals surface area contributed by atoms with Crippen LogP contribution in [0.15, 0.2) is 103 Å². The van der Waals surface area contributed by atoms with Gasteiger partial charge in [-0.05, 0) is 52.2 Å². The quantitative estimate of drug-likeness (QED) is 0.137. The molecule has 5 rings (SSSR count). The van der Waals surface area contributed by atoms with Crippen molar-refractivity contribution in [1.82, 2.24) is 9.97 Å². The number of rotatable bonds is 3. The van der Waals surface area contributed by atoms with Gasteiger partial charge in [0.2, 0.25) is 0 Å². The van der Waals surface area contributed by atoms with Crippen molar-refractivity contribution < 1.29 is 46.4 Å². The van der Waals surface area contributed by atoms with Gasteiger partial charge in [-0.2, -0.15) is 26.3 Å². The summed E-state index contributed by atoms with van der Waals surface area (Å²) < 4.78 is 76.5. The Morgan fingerprint density at radius 2 is 1.40 bits per heavy atom. The minimum atomic E-state index is -4.93. The molecule has 0 aliphatic carbocycles. The summed E-state index contributed by atoms with van der Waals surface area (Å²) in [6.07, 6.45) is -6.62. The number of pyridine rings is 2. The van der Waals surface area contributed by atoms with Gasteiger partial charge in [-0.3, -0.25) is 0 Å². The molecule has 3 aromatic carbocycles. The maximum atomic E-state index is 13.0. The van der Waals surface area contributed by atoms with E-state index in [0.29, 0.717) is 6.07 Å². The molecule has 0 unspecified atom stereocenters. The number of benzene rings is 3. The Morgan fingerprint density at radius 3 is 2.00 bits per heavy atom. The normalized spacial score (nSPS) is 11.2. The molecule has 0 amide bonds. The fraction of sp³-hybridized carbons (Fsp3) is 0.0968. The Morgan fingerprint density at radius 1 is 0.675 bits per heavy atom. The minimum Gasteiger partial charge on any atom is -0.305 e. The van der Waals surface area contributed by atoms with Gasteiger partial charge in [-0.1, -0.05) is 48.5 Å². The Kier molecular flexibility index (Phi) is 10.0. The first-order chi connectivity index (χ1) is 18.5. The minimum absolute atomic E-state index is 0. The van der Waals surface area contributed by atoms with Crippen molar-refractivity contribution in [3.63, 3.8) is 0 Å². The van der Waals surface area contributed by atoms with Gasteiger partial charge in [0.1, 0.15) is 0 Å². The number of hydrogen-bond donors (Lipinski definition) is 0. The summed E-state index contributed by atoms with van der Waals surface area (Å²) in [4.78, 5) is 8.21. The maximum absolute atomic E-state index is 13.0. The second-order valence-corrected chi connectivity index (χ2v) is 8.47. The van der Waals surface area contributed by atoms with Crippen LogP contribution in [-0.4, -0.2) is 9.97 Å². The van der Waals surface area contributed by atoms with E-state index in [4.69, 9.17) is 0 Å². The van der Waals surface area contributed by atoms with E-state index in [-0.39, 0.29) is 31.9 Å². The van der Waals surface area contributed by atoms with Gasteiger partial charge in [-0.25, -0.2) is 0 Å². The molecule has 2 heterocycles. The van der Waals surface area contributed by atoms with Crippen LogP contribution in [0.1, 0.15) is 16.7 Å². The van der Waals surface area contributed by atoms with Gasteiger partial charge < -0.3 is 9.97 Å². The molecular weight excluding hydrogens is 707 g/mol. The van der Waals surface area contributed by atoms with Crippen molar-refractivity contribution in [2.24, 2.45) is 0 Å². The molecule has 207 valence electrons. The summed E-state index contributed by atoms with van der Waals surface area (Å²) in [5.74, 6) is 0. The van der Waals surface area contributed by atoms with Crippen molar-refractivity contribution in [1.29, 1.82) is 0 Å². The first-order valence-electron chi connectivity index (χ1n) is 11.6. The molecule has 5 aromatic rings. The van der Waals surface area contributed by atoms with Crippen LogP contribution in [0.4, 0.5) is 26.3 Å². The summed E-state index contributed by atoms with van der Waals surface area (Å²) in [5.41, 5.74) is 1.69. The molecule has 40 heavy (non-hydrogen) atoms. The number of alkyl halides is 6. The predicted molar refractivity (Wildman–Crippen MR) is 137 cm³/mol. The summed E-state index contributed by atoms with van der Waals surface area (Å²) in [5, 5.41) is 0. The Hall–Kier alpha value is -3.81. The van der Waals surface area contributed by atoms with Gasteiger partial charge >= 0.3 is 12.4 Å². The Labute approximate surface area is 241 Å². The molecule has 0 atom stereocenters. The molecule has 0 saturated heterocycles. The average molecular weight is 727 g/mol. The van der Waals surface area contributed by atoms with E-state index < -0.39 is 29.0 Å². The maximum Gasteiger partial charge on any atom is 0.381 e. The average Bonchev–Trinajstić information content (AvgIpc) is 2.94. The van der Waals surface area contributed by atoms with Crippen molar-refractivity contribution in [3.05, 3.63) is 132 Å². The van der Waals surface area contributed by atoms with E-state index in [0.717, 1.165) is 16.8 Å². The summed E-state index contributed by atoms with van der Waals surface area (Å²) in [6.45, 7) is 1.69. The first kappa shape index (κ1) is 30.7. The third kappa shape index (κ3) is 7.87. The van der Waals surface area contributed by atoms with Crippen molar-refractivity contribution in [2.75, 3.05) is 0 Å². The fourth-order valence-corrected chi connectivity index (χ4v) is 3.65. The van der Waals surface area contributed by atoms with E-state index >= 15 is 0 Å². The third-order valence-corrected chi connectivity index (χ3v) is 5.59. The first-order valence-corrected chi connectivity index (χ1v) is 11.6. The SMILES string of the molecule is Cc1ccc(-c2[c-]cc(C(F)(F)F)cc2C(F)(F)F)nc1.[Ir].[c-]1ccccc1-c1cc(-c2ccccc2)ccn1. The van der Waals surface area contributed by atoms with Crippen LogP contribution in [0.3, 0.4) is 0 Å². The smallest absolute Gasteiger partial charge is 0.305 e. The molecule has 0 aliphatic rings. The van der Waals surface area contributed by atoms with E-state index in [9.17, 15) is 26.3 Å². The summed E-state index contributed by atoms with van der Waals surface area (Å²) in [7, 11) is 0. The van der Waals surface area contributed by atoms with E-state index in [2.05, 4.69) is 40.3 Å². The molecule has 0 spiro atoms. The van der Waals surface area contributed by atoms with Crippen LogP contribution < -0.4 is 0 Å². The van der Waals surface area contributed by atoms with E-state index in [1.165, 1.54) is 29.5 Å². The standard InChI is InChI=1S/C17H12N.C14H8F6N.Ir/c1-3-7-14(8-4-1)16-11-12-18-17(13-16)15-9-5-2-6-10-15;1-8-2-5-12(21-7-8)10-4-3-9(13(15,16)17)6-11(10)14(18,19)20;/h1-9,11-13H;2-3,5-7H,1H3;/q2*-1;. The van der Waals surface area contributed by atoms with E-state index in [1.54, 1.807) is 6.92 Å². The number of halogens is 6. The molecule has 2 aromatic heterocycles. The Bertz CT molecular complexity index is 1460. The topological polar surface area (TPSA) is 25.8 Å². The number of hydrogen-bond acceptors (Lipinski definition) is 2. The second-order valence-electron chi connectivity index (χ2n) is 8.47. The second kappa shape index (κ2) is 13.0. The van der Waals surface area contributed by atoms with Crippen LogP contribution in [0.25, 0.3) is 33.6 Å². The predicted octanol–water partition coefficient (Wildman–Crippen LogP) is 9.11. The molecule has 2 nitrogen and oxygen atoms in total. The van der Waals surface area contributed by atoms with Crippen LogP contribution >= 0.6 is 0 Å². The molecule has 1 radical (unpaired) electrons. The number of aromatic nitrogens is 2.